The average Bonchev–Trinajstić information content (AvgIpc) is 3.21. The van der Waals surface area contributed by atoms with Gasteiger partial charge in [-0.25, -0.2) is 0 Å². The molecule has 1 aromatic carbocycles. The lowest BCUT2D eigenvalue weighted by atomic mass is 9.96. The van der Waals surface area contributed by atoms with Crippen LogP contribution < -0.4 is 4.74 Å². The fraction of sp³-hybridized carbons (Fsp3) is 0.682. The third-order valence-corrected chi connectivity index (χ3v) is 6.11. The third-order valence-electron chi connectivity index (χ3n) is 6.11. The van der Waals surface area contributed by atoms with Gasteiger partial charge in [0.25, 0.3) is 0 Å². The van der Waals surface area contributed by atoms with Crippen LogP contribution in [0, 0.1) is 11.8 Å². The molecule has 0 N–H and O–H groups in total. The quantitative estimate of drug-likeness (QED) is 0.747. The van der Waals surface area contributed by atoms with Crippen molar-refractivity contribution in [1.82, 2.24) is 9.80 Å². The van der Waals surface area contributed by atoms with Crippen molar-refractivity contribution >= 4 is 5.91 Å². The summed E-state index contributed by atoms with van der Waals surface area (Å²) >= 11 is 0. The van der Waals surface area contributed by atoms with E-state index in [-0.39, 0.29) is 0 Å². The molecule has 1 saturated heterocycles. The van der Waals surface area contributed by atoms with E-state index in [1.165, 1.54) is 37.8 Å². The molecule has 1 aromatic rings. The van der Waals surface area contributed by atoms with Crippen molar-refractivity contribution in [3.8, 4) is 5.75 Å². The summed E-state index contributed by atoms with van der Waals surface area (Å²) in [5.41, 5.74) is 1.28. The number of hydrogen-bond acceptors (Lipinski definition) is 3. The average molecular weight is 359 g/mol. The summed E-state index contributed by atoms with van der Waals surface area (Å²) in [6.45, 7) is 4.26. The van der Waals surface area contributed by atoms with E-state index in [0.29, 0.717) is 17.7 Å². The Kier molecular flexibility index (Phi) is 6.95. The molecule has 3 rings (SSSR count). The zero-order valence-electron chi connectivity index (χ0n) is 16.5. The summed E-state index contributed by atoms with van der Waals surface area (Å²) in [4.78, 5) is 17.2. The molecule has 0 spiro atoms. The minimum atomic E-state index is 0.297. The number of ether oxygens (including phenoxy) is 1. The molecular weight excluding hydrogens is 324 g/mol. The largest absolute Gasteiger partial charge is 0.496 e. The normalized spacial score (nSPS) is 21.7. The van der Waals surface area contributed by atoms with Gasteiger partial charge in [0.15, 0.2) is 0 Å². The fourth-order valence-electron chi connectivity index (χ4n) is 4.65. The van der Waals surface area contributed by atoms with Crippen LogP contribution in [0.3, 0.4) is 0 Å². The summed E-state index contributed by atoms with van der Waals surface area (Å²) in [5.74, 6) is 2.28. The first kappa shape index (κ1) is 19.2. The lowest BCUT2D eigenvalue weighted by Gasteiger charge is -2.35. The van der Waals surface area contributed by atoms with Crippen LogP contribution in [0.4, 0.5) is 0 Å². The Labute approximate surface area is 158 Å². The Morgan fingerprint density at radius 2 is 1.96 bits per heavy atom. The van der Waals surface area contributed by atoms with Gasteiger partial charge in [-0.1, -0.05) is 31.0 Å². The number of carbonyl (C=O) groups is 1. The SMILES string of the molecule is COc1ccccc1CCN1CCCC(CN(C)C(=O)C2CCCC2)C1. The monoisotopic (exact) mass is 358 g/mol. The van der Waals surface area contributed by atoms with Crippen LogP contribution in [-0.4, -0.2) is 56.0 Å². The van der Waals surface area contributed by atoms with Crippen molar-refractivity contribution < 1.29 is 9.53 Å². The van der Waals surface area contributed by atoms with Crippen molar-refractivity contribution in [1.29, 1.82) is 0 Å². The molecule has 1 amide bonds. The molecule has 4 nitrogen and oxygen atoms in total. The van der Waals surface area contributed by atoms with Crippen molar-refractivity contribution in [3.63, 3.8) is 0 Å². The van der Waals surface area contributed by atoms with Crippen LogP contribution in [0.15, 0.2) is 24.3 Å². The Morgan fingerprint density at radius 3 is 2.73 bits per heavy atom. The van der Waals surface area contributed by atoms with Gasteiger partial charge in [0.1, 0.15) is 5.75 Å². The number of likely N-dealkylation sites (tertiary alicyclic amines) is 1. The lowest BCUT2D eigenvalue weighted by Crippen LogP contribution is -2.43. The maximum absolute atomic E-state index is 12.6. The second kappa shape index (κ2) is 9.40. The molecule has 1 aliphatic heterocycles. The highest BCUT2D eigenvalue weighted by Crippen LogP contribution is 2.27. The Bertz CT molecular complexity index is 583. The van der Waals surface area contributed by atoms with Crippen LogP contribution in [0.1, 0.15) is 44.1 Å². The summed E-state index contributed by atoms with van der Waals surface area (Å²) in [7, 11) is 3.75. The van der Waals surface area contributed by atoms with Gasteiger partial charge in [0, 0.05) is 32.6 Å². The van der Waals surface area contributed by atoms with E-state index in [4.69, 9.17) is 4.74 Å². The van der Waals surface area contributed by atoms with Gasteiger partial charge in [0.2, 0.25) is 5.91 Å². The van der Waals surface area contributed by atoms with Crippen LogP contribution in [0.2, 0.25) is 0 Å². The van der Waals surface area contributed by atoms with Gasteiger partial charge < -0.3 is 14.5 Å². The van der Waals surface area contributed by atoms with E-state index in [9.17, 15) is 4.79 Å². The predicted molar refractivity (Wildman–Crippen MR) is 105 cm³/mol. The number of amides is 1. The van der Waals surface area contributed by atoms with Crippen LogP contribution in [0.5, 0.6) is 5.75 Å². The molecule has 4 heteroatoms. The molecule has 2 fully saturated rings. The third kappa shape index (κ3) is 5.00. The van der Waals surface area contributed by atoms with E-state index >= 15 is 0 Å². The smallest absolute Gasteiger partial charge is 0.225 e. The van der Waals surface area contributed by atoms with Gasteiger partial charge >= 0.3 is 0 Å². The number of methoxy groups -OCH3 is 1. The number of hydrogen-bond donors (Lipinski definition) is 0. The number of nitrogens with zero attached hydrogens (tertiary/aromatic N) is 2. The molecule has 1 heterocycles. The van der Waals surface area contributed by atoms with Crippen LogP contribution in [0.25, 0.3) is 0 Å². The summed E-state index contributed by atoms with van der Waals surface area (Å²) < 4.78 is 5.47. The van der Waals surface area contributed by atoms with Crippen LogP contribution >= 0.6 is 0 Å². The zero-order valence-corrected chi connectivity index (χ0v) is 16.5. The molecule has 1 saturated carbocycles. The van der Waals surface area contributed by atoms with Crippen LogP contribution in [-0.2, 0) is 11.2 Å². The zero-order chi connectivity index (χ0) is 18.4. The topological polar surface area (TPSA) is 32.8 Å². The van der Waals surface area contributed by atoms with E-state index in [0.717, 1.165) is 44.6 Å². The number of benzene rings is 1. The second-order valence-electron chi connectivity index (χ2n) is 8.07. The molecule has 0 aromatic heterocycles. The summed E-state index contributed by atoms with van der Waals surface area (Å²) in [5, 5.41) is 0. The highest BCUT2D eigenvalue weighted by atomic mass is 16.5. The molecular formula is C22H34N2O2. The van der Waals surface area contributed by atoms with Gasteiger partial charge in [-0.3, -0.25) is 4.79 Å². The van der Waals surface area contributed by atoms with Crippen molar-refractivity contribution in [3.05, 3.63) is 29.8 Å². The molecule has 1 atom stereocenters. The van der Waals surface area contributed by atoms with E-state index < -0.39 is 0 Å². The van der Waals surface area contributed by atoms with Gasteiger partial charge in [-0.05, 0) is 56.2 Å². The molecule has 1 aliphatic carbocycles. The number of para-hydroxylation sites is 1. The van der Waals surface area contributed by atoms with Crippen molar-refractivity contribution in [2.24, 2.45) is 11.8 Å². The van der Waals surface area contributed by atoms with Gasteiger partial charge in [0.05, 0.1) is 7.11 Å². The minimum Gasteiger partial charge on any atom is -0.496 e. The Balaban J connectivity index is 1.47. The fourth-order valence-corrected chi connectivity index (χ4v) is 4.65. The summed E-state index contributed by atoms with van der Waals surface area (Å²) in [6, 6.07) is 8.31. The molecule has 1 unspecified atom stereocenters. The molecule has 0 bridgehead atoms. The Hall–Kier alpha value is -1.55. The molecule has 144 valence electrons. The number of carbonyl (C=O) groups excluding carboxylic acids is 1. The second-order valence-corrected chi connectivity index (χ2v) is 8.07. The molecule has 0 radical (unpaired) electrons. The first-order valence-corrected chi connectivity index (χ1v) is 10.3. The van der Waals surface area contributed by atoms with E-state index in [1.54, 1.807) is 7.11 Å². The summed E-state index contributed by atoms with van der Waals surface area (Å²) in [6.07, 6.45) is 8.15. The number of piperidine rings is 1. The van der Waals surface area contributed by atoms with Gasteiger partial charge in [-0.15, -0.1) is 0 Å². The molecule has 26 heavy (non-hydrogen) atoms. The lowest BCUT2D eigenvalue weighted by molar-refractivity contribution is -0.134. The highest BCUT2D eigenvalue weighted by molar-refractivity contribution is 5.78. The first-order chi connectivity index (χ1) is 12.7. The van der Waals surface area contributed by atoms with Crippen molar-refractivity contribution in [2.45, 2.75) is 44.9 Å². The number of rotatable bonds is 7. The maximum Gasteiger partial charge on any atom is 0.225 e. The van der Waals surface area contributed by atoms with E-state index in [2.05, 4.69) is 17.0 Å². The van der Waals surface area contributed by atoms with Crippen molar-refractivity contribution in [2.75, 3.05) is 40.3 Å². The minimum absolute atomic E-state index is 0.297. The molecule has 2 aliphatic rings. The Morgan fingerprint density at radius 1 is 1.19 bits per heavy atom. The highest BCUT2D eigenvalue weighted by Gasteiger charge is 2.28. The standard InChI is InChI=1S/C22H34N2O2/c1-23(22(25)20-10-3-4-11-20)16-18-8-7-14-24(17-18)15-13-19-9-5-6-12-21(19)26-2/h5-6,9,12,18,20H,3-4,7-8,10-11,13-17H2,1-2H3. The van der Waals surface area contributed by atoms with E-state index in [1.807, 2.05) is 24.1 Å². The predicted octanol–water partition coefficient (Wildman–Crippen LogP) is 3.60. The van der Waals surface area contributed by atoms with Gasteiger partial charge in [-0.2, -0.15) is 0 Å². The maximum atomic E-state index is 12.6. The first-order valence-electron chi connectivity index (χ1n) is 10.3.